The Hall–Kier alpha value is -1.94. The van der Waals surface area contributed by atoms with Gasteiger partial charge >= 0.3 is 39.5 Å². The number of aliphatic hydroxyl groups is 1. The van der Waals surface area contributed by atoms with Crippen molar-refractivity contribution in [3.63, 3.8) is 0 Å². The molecule has 0 heterocycles. The average Bonchev–Trinajstić information content (AvgIpc) is 3.41. The second-order valence-corrected chi connectivity index (χ2v) is 26.8. The van der Waals surface area contributed by atoms with E-state index in [2.05, 4.69) is 48.5 Å². The number of carbonyl (C=O) groups is 4. The summed E-state index contributed by atoms with van der Waals surface area (Å²) < 4.78 is 67.7. The Morgan fingerprint density at radius 2 is 0.568 bits per heavy atom. The zero-order valence-corrected chi connectivity index (χ0v) is 54.0. The van der Waals surface area contributed by atoms with Crippen LogP contribution < -0.4 is 0 Å². The van der Waals surface area contributed by atoms with Gasteiger partial charge in [0.25, 0.3) is 0 Å². The molecule has 0 aromatic heterocycles. The van der Waals surface area contributed by atoms with Crippen molar-refractivity contribution in [1.82, 2.24) is 0 Å². The molecule has 0 amide bonds. The van der Waals surface area contributed by atoms with E-state index in [-0.39, 0.29) is 25.7 Å². The molecule has 17 nitrogen and oxygen atoms in total. The number of unbranched alkanes of at least 4 members (excludes halogenated alkanes) is 28. The van der Waals surface area contributed by atoms with Crippen molar-refractivity contribution >= 4 is 39.5 Å². The van der Waals surface area contributed by atoms with Gasteiger partial charge in [-0.3, -0.25) is 37.3 Å². The SMILES string of the molecule is CCCCCCCC(=O)OC[C@H](COP(=O)(O)OC[C@H](O)COP(=O)(O)OC[C@@H](COC(=O)CCCCCCCCCCC(C)C)OC(=O)CCCCCCCCCCCCCCCC(C)C)OC(=O)CCCCCCCCC(C)C. The monoisotopic (exact) mass is 1200 g/mol. The van der Waals surface area contributed by atoms with Crippen LogP contribution >= 0.6 is 15.6 Å². The minimum atomic E-state index is -4.94. The summed E-state index contributed by atoms with van der Waals surface area (Å²) in [5.74, 6) is 0.0293. The second-order valence-electron chi connectivity index (χ2n) is 23.9. The first-order valence-corrected chi connectivity index (χ1v) is 35.3. The Labute approximate surface area is 492 Å². The maximum atomic E-state index is 13.0. The van der Waals surface area contributed by atoms with E-state index < -0.39 is 97.5 Å². The van der Waals surface area contributed by atoms with Crippen LogP contribution in [0.4, 0.5) is 0 Å². The van der Waals surface area contributed by atoms with Gasteiger partial charge in [-0.15, -0.1) is 0 Å². The fraction of sp³-hybridized carbons (Fsp3) is 0.935. The average molecular weight is 1200 g/mol. The fourth-order valence-electron chi connectivity index (χ4n) is 9.13. The Bertz CT molecular complexity index is 1610. The molecule has 19 heteroatoms. The Morgan fingerprint density at radius 1 is 0.333 bits per heavy atom. The predicted molar refractivity (Wildman–Crippen MR) is 321 cm³/mol. The number of rotatable bonds is 60. The van der Waals surface area contributed by atoms with Gasteiger partial charge < -0.3 is 33.8 Å². The third-order valence-electron chi connectivity index (χ3n) is 14.1. The summed E-state index contributed by atoms with van der Waals surface area (Å²) in [6.07, 6.45) is 34.0. The number of phosphoric ester groups is 2. The molecule has 5 atom stereocenters. The zero-order valence-electron chi connectivity index (χ0n) is 52.2. The van der Waals surface area contributed by atoms with Crippen molar-refractivity contribution in [1.29, 1.82) is 0 Å². The van der Waals surface area contributed by atoms with Crippen LogP contribution in [0.2, 0.25) is 0 Å². The summed E-state index contributed by atoms with van der Waals surface area (Å²) in [5, 5.41) is 10.5. The van der Waals surface area contributed by atoms with Crippen LogP contribution in [0.1, 0.15) is 299 Å². The summed E-state index contributed by atoms with van der Waals surface area (Å²) in [5.41, 5.74) is 0. The number of aliphatic hydroxyl groups excluding tert-OH is 1. The van der Waals surface area contributed by atoms with E-state index in [1.54, 1.807) is 0 Å². The molecule has 0 fully saturated rings. The number of phosphoric acid groups is 2. The Balaban J connectivity index is 5.17. The molecular formula is C62H120O17P2. The quantitative estimate of drug-likeness (QED) is 0.0222. The first-order valence-electron chi connectivity index (χ1n) is 32.3. The normalized spacial score (nSPS) is 14.4. The highest BCUT2D eigenvalue weighted by atomic mass is 31.2. The Kier molecular flexibility index (Phi) is 52.2. The van der Waals surface area contributed by atoms with Crippen LogP contribution in [0.15, 0.2) is 0 Å². The van der Waals surface area contributed by atoms with E-state index in [1.165, 1.54) is 103 Å². The lowest BCUT2D eigenvalue weighted by Gasteiger charge is -2.21. The molecule has 0 aromatic carbocycles. The van der Waals surface area contributed by atoms with E-state index >= 15 is 0 Å². The molecule has 2 unspecified atom stereocenters. The zero-order chi connectivity index (χ0) is 60.3. The predicted octanol–water partition coefficient (Wildman–Crippen LogP) is 16.7. The standard InChI is InChI=1S/C62H120O17P2/c1-8-9-10-26-36-43-59(64)72-49-57(79-62(67)46-39-32-25-24-29-35-42-55(6)7)51-76-80(68,69)74-47-56(63)48-75-81(70,71)77-52-58(50-73-60(65)44-37-30-22-19-18-21-28-34-41-54(4)5)78-61(66)45-38-31-23-17-15-13-11-12-14-16-20-27-33-40-53(2)3/h53-58,63H,8-52H2,1-7H3,(H,68,69)(H,70,71)/t56-,57+,58+/m0/s1. The van der Waals surface area contributed by atoms with Crippen molar-refractivity contribution in [2.45, 2.75) is 317 Å². The van der Waals surface area contributed by atoms with E-state index in [9.17, 15) is 43.2 Å². The van der Waals surface area contributed by atoms with Gasteiger partial charge in [-0.2, -0.15) is 0 Å². The number of ether oxygens (including phenoxy) is 4. The van der Waals surface area contributed by atoms with E-state index in [1.807, 2.05) is 0 Å². The molecule has 0 rings (SSSR count). The molecule has 0 aliphatic carbocycles. The van der Waals surface area contributed by atoms with Gasteiger partial charge in [0.2, 0.25) is 0 Å². The molecule has 0 aromatic rings. The molecule has 0 bridgehead atoms. The van der Waals surface area contributed by atoms with Gasteiger partial charge in [-0.1, -0.05) is 248 Å². The van der Waals surface area contributed by atoms with Gasteiger partial charge in [-0.05, 0) is 43.4 Å². The third-order valence-corrected chi connectivity index (χ3v) is 16.0. The molecular weight excluding hydrogens is 1080 g/mol. The number of hydrogen-bond acceptors (Lipinski definition) is 15. The molecule has 3 N–H and O–H groups in total. The largest absolute Gasteiger partial charge is 0.472 e. The summed E-state index contributed by atoms with van der Waals surface area (Å²) in [6.45, 7) is 11.6. The lowest BCUT2D eigenvalue weighted by molar-refractivity contribution is -0.161. The number of hydrogen-bond donors (Lipinski definition) is 3. The summed E-state index contributed by atoms with van der Waals surface area (Å²) in [6, 6.07) is 0. The molecule has 81 heavy (non-hydrogen) atoms. The molecule has 0 aliphatic heterocycles. The first-order chi connectivity index (χ1) is 38.7. The summed E-state index contributed by atoms with van der Waals surface area (Å²) >= 11 is 0. The highest BCUT2D eigenvalue weighted by Gasteiger charge is 2.30. The highest BCUT2D eigenvalue weighted by molar-refractivity contribution is 7.47. The van der Waals surface area contributed by atoms with E-state index in [0.717, 1.165) is 108 Å². The Morgan fingerprint density at radius 3 is 0.840 bits per heavy atom. The topological polar surface area (TPSA) is 237 Å². The van der Waals surface area contributed by atoms with Gasteiger partial charge in [0.15, 0.2) is 12.2 Å². The maximum absolute atomic E-state index is 13.0. The molecule has 480 valence electrons. The second kappa shape index (κ2) is 53.5. The van der Waals surface area contributed by atoms with Crippen molar-refractivity contribution < 1.29 is 80.2 Å². The lowest BCUT2D eigenvalue weighted by Crippen LogP contribution is -2.30. The van der Waals surface area contributed by atoms with Gasteiger partial charge in [0.05, 0.1) is 26.4 Å². The van der Waals surface area contributed by atoms with Crippen LogP contribution in [0, 0.1) is 17.8 Å². The number of carbonyl (C=O) groups excluding carboxylic acids is 4. The highest BCUT2D eigenvalue weighted by Crippen LogP contribution is 2.45. The maximum Gasteiger partial charge on any atom is 0.472 e. The fourth-order valence-corrected chi connectivity index (χ4v) is 10.7. The molecule has 0 aliphatic rings. The van der Waals surface area contributed by atoms with Crippen LogP contribution in [0.25, 0.3) is 0 Å². The summed E-state index contributed by atoms with van der Waals surface area (Å²) in [7, 11) is -9.87. The van der Waals surface area contributed by atoms with Crippen LogP contribution in [-0.2, 0) is 65.4 Å². The molecule has 0 saturated heterocycles. The number of esters is 4. The van der Waals surface area contributed by atoms with Crippen molar-refractivity contribution in [3.8, 4) is 0 Å². The minimum Gasteiger partial charge on any atom is -0.462 e. The lowest BCUT2D eigenvalue weighted by atomic mass is 10.0. The van der Waals surface area contributed by atoms with Gasteiger partial charge in [0, 0.05) is 25.7 Å². The van der Waals surface area contributed by atoms with Gasteiger partial charge in [0.1, 0.15) is 19.3 Å². The smallest absolute Gasteiger partial charge is 0.462 e. The molecule has 0 saturated carbocycles. The van der Waals surface area contributed by atoms with Crippen LogP contribution in [-0.4, -0.2) is 96.7 Å². The minimum absolute atomic E-state index is 0.101. The molecule has 0 radical (unpaired) electrons. The third kappa shape index (κ3) is 56.9. The summed E-state index contributed by atoms with van der Waals surface area (Å²) in [4.78, 5) is 71.8. The van der Waals surface area contributed by atoms with Gasteiger partial charge in [-0.25, -0.2) is 9.13 Å². The first kappa shape index (κ1) is 79.1. The van der Waals surface area contributed by atoms with E-state index in [0.29, 0.717) is 31.6 Å². The molecule has 0 spiro atoms. The van der Waals surface area contributed by atoms with Crippen molar-refractivity contribution in [2.75, 3.05) is 39.6 Å². The van der Waals surface area contributed by atoms with Crippen molar-refractivity contribution in [3.05, 3.63) is 0 Å². The van der Waals surface area contributed by atoms with Crippen molar-refractivity contribution in [2.24, 2.45) is 17.8 Å². The van der Waals surface area contributed by atoms with E-state index in [4.69, 9.17) is 37.0 Å². The van der Waals surface area contributed by atoms with Crippen LogP contribution in [0.5, 0.6) is 0 Å². The van der Waals surface area contributed by atoms with Crippen LogP contribution in [0.3, 0.4) is 0 Å².